The Hall–Kier alpha value is -1.28. The van der Waals surface area contributed by atoms with Gasteiger partial charge in [0.2, 0.25) is 0 Å². The van der Waals surface area contributed by atoms with Crippen LogP contribution in [0.2, 0.25) is 0 Å². The number of nitrogens with zero attached hydrogens (tertiary/aromatic N) is 5. The van der Waals surface area contributed by atoms with Gasteiger partial charge in [0.15, 0.2) is 0 Å². The van der Waals surface area contributed by atoms with Gasteiger partial charge in [0.05, 0.1) is 19.8 Å². The maximum atomic E-state index is 5.43. The Morgan fingerprint density at radius 1 is 1.16 bits per heavy atom. The lowest BCUT2D eigenvalue weighted by atomic mass is 9.97. The molecule has 0 radical (unpaired) electrons. The second-order valence-electron chi connectivity index (χ2n) is 7.08. The molecule has 2 aromatic heterocycles. The summed E-state index contributed by atoms with van der Waals surface area (Å²) in [7, 11) is 2.13. The number of thiophene rings is 1. The van der Waals surface area contributed by atoms with Gasteiger partial charge in [-0.25, -0.2) is 0 Å². The van der Waals surface area contributed by atoms with Crippen LogP contribution >= 0.6 is 11.3 Å². The highest BCUT2D eigenvalue weighted by atomic mass is 32.1. The van der Waals surface area contributed by atoms with Crippen molar-refractivity contribution in [3.8, 4) is 0 Å². The van der Waals surface area contributed by atoms with E-state index in [1.807, 2.05) is 11.3 Å². The molecule has 0 saturated carbocycles. The molecule has 2 aliphatic rings. The van der Waals surface area contributed by atoms with Gasteiger partial charge < -0.3 is 9.30 Å². The maximum Gasteiger partial charge on any atom is 0.146 e. The van der Waals surface area contributed by atoms with Crippen LogP contribution in [-0.2, 0) is 24.9 Å². The van der Waals surface area contributed by atoms with Gasteiger partial charge >= 0.3 is 0 Å². The first-order valence-electron chi connectivity index (χ1n) is 9.22. The lowest BCUT2D eigenvalue weighted by molar-refractivity contribution is 0.0326. The highest BCUT2D eigenvalue weighted by molar-refractivity contribution is 7.09. The van der Waals surface area contributed by atoms with Crippen molar-refractivity contribution in [1.82, 2.24) is 24.6 Å². The first-order chi connectivity index (χ1) is 12.3. The van der Waals surface area contributed by atoms with Gasteiger partial charge in [0.25, 0.3) is 0 Å². The molecule has 2 aliphatic heterocycles. The van der Waals surface area contributed by atoms with E-state index in [0.29, 0.717) is 5.92 Å². The summed E-state index contributed by atoms with van der Waals surface area (Å²) in [5.41, 5.74) is 0. The van der Waals surface area contributed by atoms with Crippen LogP contribution in [0.5, 0.6) is 0 Å². The fourth-order valence-corrected chi connectivity index (χ4v) is 4.61. The lowest BCUT2D eigenvalue weighted by Crippen LogP contribution is -2.36. The number of aromatic nitrogens is 3. The molecule has 6 nitrogen and oxygen atoms in total. The fraction of sp³-hybridized carbons (Fsp3) is 0.667. The van der Waals surface area contributed by atoms with Crippen LogP contribution in [0.4, 0.5) is 0 Å². The van der Waals surface area contributed by atoms with Crippen LogP contribution in [0.25, 0.3) is 0 Å². The number of piperidine rings is 1. The second-order valence-corrected chi connectivity index (χ2v) is 8.11. The second kappa shape index (κ2) is 7.95. The van der Waals surface area contributed by atoms with Gasteiger partial charge in [-0.1, -0.05) is 6.07 Å². The van der Waals surface area contributed by atoms with E-state index in [1.54, 1.807) is 0 Å². The van der Waals surface area contributed by atoms with Crippen LogP contribution in [0.3, 0.4) is 0 Å². The van der Waals surface area contributed by atoms with Gasteiger partial charge in [0, 0.05) is 44.0 Å². The van der Waals surface area contributed by atoms with Crippen molar-refractivity contribution >= 4 is 11.3 Å². The summed E-state index contributed by atoms with van der Waals surface area (Å²) in [5.74, 6) is 2.72. The zero-order chi connectivity index (χ0) is 17.1. The first-order valence-corrected chi connectivity index (χ1v) is 10.1. The van der Waals surface area contributed by atoms with Crippen molar-refractivity contribution in [3.63, 3.8) is 0 Å². The molecule has 7 heteroatoms. The third-order valence-electron chi connectivity index (χ3n) is 5.30. The SMILES string of the molecule is Cn1c(CN2CCOCC2)nnc1C1CCCN(Cc2cccs2)C1. The van der Waals surface area contributed by atoms with Crippen molar-refractivity contribution in [2.75, 3.05) is 39.4 Å². The zero-order valence-corrected chi connectivity index (χ0v) is 15.7. The van der Waals surface area contributed by atoms with Gasteiger partial charge in [0.1, 0.15) is 11.6 Å². The minimum atomic E-state index is 0.490. The van der Waals surface area contributed by atoms with Crippen LogP contribution < -0.4 is 0 Å². The Kier molecular flexibility index (Phi) is 5.45. The van der Waals surface area contributed by atoms with Crippen LogP contribution in [0, 0.1) is 0 Å². The minimum absolute atomic E-state index is 0.490. The minimum Gasteiger partial charge on any atom is -0.379 e. The van der Waals surface area contributed by atoms with Gasteiger partial charge in [-0.2, -0.15) is 0 Å². The molecule has 2 saturated heterocycles. The summed E-state index contributed by atoms with van der Waals surface area (Å²) < 4.78 is 7.66. The summed E-state index contributed by atoms with van der Waals surface area (Å²) in [4.78, 5) is 6.42. The van der Waals surface area contributed by atoms with Gasteiger partial charge in [-0.15, -0.1) is 21.5 Å². The van der Waals surface area contributed by atoms with Crippen molar-refractivity contribution in [2.45, 2.75) is 31.8 Å². The molecule has 2 fully saturated rings. The molecular weight excluding hydrogens is 334 g/mol. The quantitative estimate of drug-likeness (QED) is 0.816. The van der Waals surface area contributed by atoms with E-state index >= 15 is 0 Å². The highest BCUT2D eigenvalue weighted by Gasteiger charge is 2.26. The Balaban J connectivity index is 1.40. The molecule has 0 amide bonds. The molecule has 0 N–H and O–H groups in total. The number of hydrogen-bond donors (Lipinski definition) is 0. The molecule has 0 bridgehead atoms. The fourth-order valence-electron chi connectivity index (χ4n) is 3.86. The predicted octanol–water partition coefficient (Wildman–Crippen LogP) is 2.09. The van der Waals surface area contributed by atoms with Crippen LogP contribution in [-0.4, -0.2) is 64.0 Å². The van der Waals surface area contributed by atoms with Crippen molar-refractivity contribution in [3.05, 3.63) is 34.0 Å². The Morgan fingerprint density at radius 3 is 2.84 bits per heavy atom. The zero-order valence-electron chi connectivity index (χ0n) is 14.9. The van der Waals surface area contributed by atoms with Crippen molar-refractivity contribution < 1.29 is 4.74 Å². The molecule has 2 aromatic rings. The van der Waals surface area contributed by atoms with E-state index in [0.717, 1.165) is 57.6 Å². The number of ether oxygens (including phenoxy) is 1. The largest absolute Gasteiger partial charge is 0.379 e. The average Bonchev–Trinajstić information content (AvgIpc) is 3.27. The molecule has 25 heavy (non-hydrogen) atoms. The summed E-state index contributed by atoms with van der Waals surface area (Å²) in [5, 5.41) is 11.2. The number of hydrogen-bond acceptors (Lipinski definition) is 6. The maximum absolute atomic E-state index is 5.43. The van der Waals surface area contributed by atoms with E-state index in [2.05, 4.69) is 49.1 Å². The van der Waals surface area contributed by atoms with Gasteiger partial charge in [-0.05, 0) is 30.8 Å². The van der Waals surface area contributed by atoms with Gasteiger partial charge in [-0.3, -0.25) is 9.80 Å². The molecule has 0 spiro atoms. The summed E-state index contributed by atoms with van der Waals surface area (Å²) in [6.07, 6.45) is 2.45. The third kappa shape index (κ3) is 4.11. The average molecular weight is 362 g/mol. The molecule has 4 rings (SSSR count). The predicted molar refractivity (Wildman–Crippen MR) is 98.7 cm³/mol. The standard InChI is InChI=1S/C18H27N5OS/c1-21-17(14-22-7-9-24-10-8-22)19-20-18(21)15-4-2-6-23(12-15)13-16-5-3-11-25-16/h3,5,11,15H,2,4,6-10,12-14H2,1H3. The van der Waals surface area contributed by atoms with E-state index in [9.17, 15) is 0 Å². The molecule has 0 aromatic carbocycles. The van der Waals surface area contributed by atoms with Crippen LogP contribution in [0.15, 0.2) is 17.5 Å². The van der Waals surface area contributed by atoms with Crippen molar-refractivity contribution in [2.24, 2.45) is 7.05 Å². The summed E-state index contributed by atoms with van der Waals surface area (Å²) >= 11 is 1.85. The molecule has 4 heterocycles. The third-order valence-corrected chi connectivity index (χ3v) is 6.16. The van der Waals surface area contributed by atoms with Crippen LogP contribution in [0.1, 0.15) is 35.3 Å². The Bertz CT molecular complexity index is 665. The number of morpholine rings is 1. The first kappa shape index (κ1) is 17.1. The molecular formula is C18H27N5OS. The number of likely N-dealkylation sites (tertiary alicyclic amines) is 1. The summed E-state index contributed by atoms with van der Waals surface area (Å²) in [6.45, 7) is 7.83. The summed E-state index contributed by atoms with van der Waals surface area (Å²) in [6, 6.07) is 4.37. The Morgan fingerprint density at radius 2 is 2.04 bits per heavy atom. The van der Waals surface area contributed by atoms with E-state index < -0.39 is 0 Å². The Labute approximate surface area is 153 Å². The molecule has 1 unspecified atom stereocenters. The normalized spacial score (nSPS) is 23.2. The topological polar surface area (TPSA) is 46.4 Å². The van der Waals surface area contributed by atoms with Crippen molar-refractivity contribution in [1.29, 1.82) is 0 Å². The molecule has 1 atom stereocenters. The monoisotopic (exact) mass is 361 g/mol. The van der Waals surface area contributed by atoms with E-state index in [1.165, 1.54) is 24.3 Å². The van der Waals surface area contributed by atoms with E-state index in [4.69, 9.17) is 4.74 Å². The number of rotatable bonds is 5. The van der Waals surface area contributed by atoms with E-state index in [-0.39, 0.29) is 0 Å². The molecule has 136 valence electrons. The smallest absolute Gasteiger partial charge is 0.146 e. The lowest BCUT2D eigenvalue weighted by Gasteiger charge is -2.32. The highest BCUT2D eigenvalue weighted by Crippen LogP contribution is 2.27. The molecule has 0 aliphatic carbocycles.